The Labute approximate surface area is 133 Å². The Morgan fingerprint density at radius 3 is 2.35 bits per heavy atom. The molecule has 0 saturated carbocycles. The number of aryl methyl sites for hydroxylation is 1. The first kappa shape index (κ1) is 14.6. The van der Waals surface area contributed by atoms with Crippen LogP contribution in [0.5, 0.6) is 11.6 Å². The van der Waals surface area contributed by atoms with E-state index in [1.54, 1.807) is 19.3 Å². The van der Waals surface area contributed by atoms with Gasteiger partial charge in [0.05, 0.1) is 18.1 Å². The van der Waals surface area contributed by atoms with Crippen molar-refractivity contribution in [1.29, 1.82) is 5.26 Å². The highest BCUT2D eigenvalue weighted by Crippen LogP contribution is 2.25. The molecule has 1 aromatic carbocycles. The van der Waals surface area contributed by atoms with Gasteiger partial charge in [0.1, 0.15) is 11.6 Å². The predicted octanol–water partition coefficient (Wildman–Crippen LogP) is 3.21. The molecule has 112 valence electrons. The van der Waals surface area contributed by atoms with Crippen LogP contribution in [0.2, 0.25) is 0 Å². The molecule has 0 radical (unpaired) electrons. The Kier molecular flexibility index (Phi) is 3.93. The van der Waals surface area contributed by atoms with Crippen molar-refractivity contribution in [2.24, 2.45) is 0 Å². The van der Waals surface area contributed by atoms with Crippen LogP contribution in [-0.2, 0) is 0 Å². The van der Waals surface area contributed by atoms with Gasteiger partial charge in [0.25, 0.3) is 5.88 Å². The summed E-state index contributed by atoms with van der Waals surface area (Å²) in [6, 6.07) is 11.7. The minimum atomic E-state index is 0.159. The summed E-state index contributed by atoms with van der Waals surface area (Å²) in [7, 11) is 0. The van der Waals surface area contributed by atoms with Crippen LogP contribution in [-0.4, -0.2) is 20.2 Å². The Hall–Kier alpha value is -3.33. The van der Waals surface area contributed by atoms with Crippen molar-refractivity contribution >= 4 is 0 Å². The van der Waals surface area contributed by atoms with E-state index in [0.29, 0.717) is 22.8 Å². The summed E-state index contributed by atoms with van der Waals surface area (Å²) in [6.07, 6.45) is 3.10. The number of rotatable bonds is 3. The fourth-order valence-corrected chi connectivity index (χ4v) is 2.01. The lowest BCUT2D eigenvalue weighted by atomic mass is 10.1. The zero-order chi connectivity index (χ0) is 16.2. The van der Waals surface area contributed by atoms with E-state index in [9.17, 15) is 5.26 Å². The van der Waals surface area contributed by atoms with Crippen LogP contribution in [0.15, 0.2) is 42.7 Å². The van der Waals surface area contributed by atoms with Gasteiger partial charge < -0.3 is 4.74 Å². The highest BCUT2D eigenvalue weighted by molar-refractivity contribution is 5.54. The van der Waals surface area contributed by atoms with Crippen LogP contribution >= 0.6 is 0 Å². The van der Waals surface area contributed by atoms with E-state index in [1.807, 2.05) is 37.3 Å². The largest absolute Gasteiger partial charge is 0.433 e. The number of benzene rings is 1. The molecule has 0 bridgehead atoms. The summed E-state index contributed by atoms with van der Waals surface area (Å²) < 4.78 is 5.61. The van der Waals surface area contributed by atoms with Gasteiger partial charge in [0.2, 0.25) is 0 Å². The maximum atomic E-state index is 9.27. The number of nitrogens with zero attached hydrogens (tertiary/aromatic N) is 5. The smallest absolute Gasteiger partial charge is 0.257 e. The third-order valence-electron chi connectivity index (χ3n) is 3.41. The van der Waals surface area contributed by atoms with Crippen LogP contribution in [0.3, 0.4) is 0 Å². The first-order valence-electron chi connectivity index (χ1n) is 6.98. The summed E-state index contributed by atoms with van der Waals surface area (Å²) in [6.45, 7) is 3.61. The van der Waals surface area contributed by atoms with E-state index < -0.39 is 0 Å². The SMILES string of the molecule is Cc1nnc(Oc2cnc(-c3ccccc3)nc2)c(C#N)c1C. The Morgan fingerprint density at radius 2 is 1.70 bits per heavy atom. The monoisotopic (exact) mass is 303 g/mol. The molecule has 0 fully saturated rings. The van der Waals surface area contributed by atoms with Gasteiger partial charge in [-0.3, -0.25) is 0 Å². The molecule has 0 aliphatic carbocycles. The first-order valence-corrected chi connectivity index (χ1v) is 6.98. The molecular weight excluding hydrogens is 290 g/mol. The molecule has 0 amide bonds. The molecule has 0 unspecified atom stereocenters. The van der Waals surface area contributed by atoms with Crippen LogP contribution < -0.4 is 4.74 Å². The molecule has 2 heterocycles. The summed E-state index contributed by atoms with van der Waals surface area (Å²) in [4.78, 5) is 8.55. The molecule has 0 atom stereocenters. The topological polar surface area (TPSA) is 84.6 Å². The molecule has 2 aromatic heterocycles. The Balaban J connectivity index is 1.88. The van der Waals surface area contributed by atoms with Crippen molar-refractivity contribution in [3.8, 4) is 29.1 Å². The molecule has 0 saturated heterocycles. The predicted molar refractivity (Wildman–Crippen MR) is 83.8 cm³/mol. The van der Waals surface area contributed by atoms with Gasteiger partial charge in [-0.05, 0) is 19.4 Å². The van der Waals surface area contributed by atoms with E-state index in [1.165, 1.54) is 0 Å². The average Bonchev–Trinajstić information content (AvgIpc) is 2.60. The Morgan fingerprint density at radius 1 is 1.00 bits per heavy atom. The number of hydrogen-bond donors (Lipinski definition) is 0. The van der Waals surface area contributed by atoms with E-state index in [0.717, 1.165) is 11.1 Å². The summed E-state index contributed by atoms with van der Waals surface area (Å²) in [5.74, 6) is 1.16. The molecule has 0 spiro atoms. The van der Waals surface area contributed by atoms with Crippen molar-refractivity contribution < 1.29 is 4.74 Å². The van der Waals surface area contributed by atoms with E-state index >= 15 is 0 Å². The Bertz CT molecular complexity index is 870. The average molecular weight is 303 g/mol. The zero-order valence-corrected chi connectivity index (χ0v) is 12.7. The highest BCUT2D eigenvalue weighted by Gasteiger charge is 2.13. The molecule has 0 N–H and O–H groups in total. The third-order valence-corrected chi connectivity index (χ3v) is 3.41. The van der Waals surface area contributed by atoms with Crippen LogP contribution in [0.1, 0.15) is 16.8 Å². The van der Waals surface area contributed by atoms with Gasteiger partial charge in [-0.1, -0.05) is 30.3 Å². The lowest BCUT2D eigenvalue weighted by Crippen LogP contribution is -2.01. The molecular formula is C17H13N5O. The zero-order valence-electron chi connectivity index (χ0n) is 12.7. The van der Waals surface area contributed by atoms with E-state index in [-0.39, 0.29) is 5.88 Å². The molecule has 0 aliphatic heterocycles. The lowest BCUT2D eigenvalue weighted by Gasteiger charge is -2.08. The van der Waals surface area contributed by atoms with Crippen molar-refractivity contribution in [2.45, 2.75) is 13.8 Å². The standard InChI is InChI=1S/C17H13N5O/c1-11-12(2)21-22-17(15(11)8-18)23-14-9-19-16(20-10-14)13-6-4-3-5-7-13/h3-7,9-10H,1-2H3. The fourth-order valence-electron chi connectivity index (χ4n) is 2.01. The quantitative estimate of drug-likeness (QED) is 0.738. The van der Waals surface area contributed by atoms with E-state index in [2.05, 4.69) is 26.2 Å². The number of hydrogen-bond acceptors (Lipinski definition) is 6. The summed E-state index contributed by atoms with van der Waals surface area (Å²) in [5.41, 5.74) is 2.73. The van der Waals surface area contributed by atoms with E-state index in [4.69, 9.17) is 4.74 Å². The summed E-state index contributed by atoms with van der Waals surface area (Å²) in [5, 5.41) is 17.2. The third kappa shape index (κ3) is 2.99. The second-order valence-corrected chi connectivity index (χ2v) is 4.91. The number of nitriles is 1. The minimum absolute atomic E-state index is 0.159. The summed E-state index contributed by atoms with van der Waals surface area (Å²) >= 11 is 0. The van der Waals surface area contributed by atoms with Gasteiger partial charge >= 0.3 is 0 Å². The van der Waals surface area contributed by atoms with Crippen molar-refractivity contribution in [3.05, 3.63) is 59.5 Å². The van der Waals surface area contributed by atoms with Gasteiger partial charge in [-0.2, -0.15) is 10.4 Å². The molecule has 23 heavy (non-hydrogen) atoms. The molecule has 6 nitrogen and oxygen atoms in total. The van der Waals surface area contributed by atoms with Gasteiger partial charge in [-0.15, -0.1) is 5.10 Å². The van der Waals surface area contributed by atoms with Gasteiger partial charge in [-0.25, -0.2) is 9.97 Å². The molecule has 6 heteroatoms. The first-order chi connectivity index (χ1) is 11.2. The lowest BCUT2D eigenvalue weighted by molar-refractivity contribution is 0.447. The maximum Gasteiger partial charge on any atom is 0.257 e. The number of aromatic nitrogens is 4. The van der Waals surface area contributed by atoms with Crippen LogP contribution in [0.25, 0.3) is 11.4 Å². The van der Waals surface area contributed by atoms with Crippen molar-refractivity contribution in [2.75, 3.05) is 0 Å². The van der Waals surface area contributed by atoms with Gasteiger partial charge in [0, 0.05) is 5.56 Å². The van der Waals surface area contributed by atoms with Crippen molar-refractivity contribution in [3.63, 3.8) is 0 Å². The highest BCUT2D eigenvalue weighted by atomic mass is 16.5. The van der Waals surface area contributed by atoms with Crippen molar-refractivity contribution in [1.82, 2.24) is 20.2 Å². The second kappa shape index (κ2) is 6.20. The second-order valence-electron chi connectivity index (χ2n) is 4.91. The normalized spacial score (nSPS) is 10.1. The maximum absolute atomic E-state index is 9.27. The van der Waals surface area contributed by atoms with Crippen LogP contribution in [0, 0.1) is 25.2 Å². The molecule has 3 rings (SSSR count). The minimum Gasteiger partial charge on any atom is -0.433 e. The number of ether oxygens (including phenoxy) is 1. The van der Waals surface area contributed by atoms with Crippen LogP contribution in [0.4, 0.5) is 0 Å². The van der Waals surface area contributed by atoms with Gasteiger partial charge in [0.15, 0.2) is 11.6 Å². The molecule has 0 aliphatic rings. The molecule has 3 aromatic rings. The fraction of sp³-hybridized carbons (Fsp3) is 0.118.